The number of benzene rings is 2. The van der Waals surface area contributed by atoms with Gasteiger partial charge in [-0.15, -0.1) is 12.4 Å². The molecule has 1 unspecified atom stereocenters. The molecule has 0 saturated carbocycles. The summed E-state index contributed by atoms with van der Waals surface area (Å²) in [6.07, 6.45) is 0.390. The van der Waals surface area contributed by atoms with Crippen LogP contribution in [-0.2, 0) is 16.8 Å². The van der Waals surface area contributed by atoms with Gasteiger partial charge in [-0.05, 0) is 42.6 Å². The van der Waals surface area contributed by atoms with Gasteiger partial charge in [0.2, 0.25) is 0 Å². The SMILES string of the molecule is Cc1c([C@@H](O)CN2CCC(CN)(c3ccccc3)C2)ccc2c1COC2=O.Cl. The lowest BCUT2D eigenvalue weighted by Gasteiger charge is -2.29. The maximum Gasteiger partial charge on any atom is 0.338 e. The molecule has 5 nitrogen and oxygen atoms in total. The fourth-order valence-electron chi connectivity index (χ4n) is 4.50. The maximum absolute atomic E-state index is 11.7. The monoisotopic (exact) mass is 402 g/mol. The van der Waals surface area contributed by atoms with Crippen LogP contribution < -0.4 is 5.73 Å². The summed E-state index contributed by atoms with van der Waals surface area (Å²) in [5, 5.41) is 10.9. The van der Waals surface area contributed by atoms with Crippen LogP contribution in [-0.4, -0.2) is 42.2 Å². The molecule has 3 N–H and O–H groups in total. The van der Waals surface area contributed by atoms with Crippen molar-refractivity contribution in [2.45, 2.75) is 31.5 Å². The Kier molecular flexibility index (Phi) is 6.10. The van der Waals surface area contributed by atoms with Gasteiger partial charge in [-0.25, -0.2) is 4.79 Å². The summed E-state index contributed by atoms with van der Waals surface area (Å²) < 4.78 is 5.12. The molecule has 2 aliphatic heterocycles. The minimum Gasteiger partial charge on any atom is -0.457 e. The highest BCUT2D eigenvalue weighted by molar-refractivity contribution is 5.93. The Morgan fingerprint density at radius 2 is 2.00 bits per heavy atom. The third-order valence-electron chi connectivity index (χ3n) is 6.21. The van der Waals surface area contributed by atoms with Gasteiger partial charge in [-0.2, -0.15) is 0 Å². The van der Waals surface area contributed by atoms with E-state index in [1.807, 2.05) is 19.1 Å². The highest BCUT2D eigenvalue weighted by Crippen LogP contribution is 2.35. The number of ether oxygens (including phenoxy) is 1. The number of β-amino-alcohol motifs (C(OH)–C–C–N with tert-alkyl or cyclic N) is 1. The summed E-state index contributed by atoms with van der Waals surface area (Å²) in [6, 6.07) is 14.1. The van der Waals surface area contributed by atoms with Crippen molar-refractivity contribution >= 4 is 18.4 Å². The average Bonchev–Trinajstić information content (AvgIpc) is 3.28. The number of rotatable bonds is 5. The van der Waals surface area contributed by atoms with Gasteiger partial charge in [0.15, 0.2) is 0 Å². The fraction of sp³-hybridized carbons (Fsp3) is 0.409. The second kappa shape index (κ2) is 8.21. The number of nitrogens with zero attached hydrogens (tertiary/aromatic N) is 1. The Morgan fingerprint density at radius 3 is 2.71 bits per heavy atom. The number of fused-ring (bicyclic) bond motifs is 1. The third kappa shape index (κ3) is 3.55. The molecule has 1 saturated heterocycles. The summed E-state index contributed by atoms with van der Waals surface area (Å²) in [5.74, 6) is -0.274. The second-order valence-corrected chi connectivity index (χ2v) is 7.73. The molecule has 0 radical (unpaired) electrons. The van der Waals surface area contributed by atoms with E-state index in [1.165, 1.54) is 5.56 Å². The summed E-state index contributed by atoms with van der Waals surface area (Å²) in [6.45, 7) is 5.17. The molecular formula is C22H27ClN2O3. The van der Waals surface area contributed by atoms with E-state index in [0.717, 1.165) is 36.2 Å². The molecule has 150 valence electrons. The van der Waals surface area contributed by atoms with E-state index in [1.54, 1.807) is 6.07 Å². The minimum absolute atomic E-state index is 0. The van der Waals surface area contributed by atoms with Crippen LogP contribution >= 0.6 is 12.4 Å². The summed E-state index contributed by atoms with van der Waals surface area (Å²) >= 11 is 0. The largest absolute Gasteiger partial charge is 0.457 e. The number of aliphatic hydroxyl groups is 1. The van der Waals surface area contributed by atoms with Gasteiger partial charge in [0.25, 0.3) is 0 Å². The summed E-state index contributed by atoms with van der Waals surface area (Å²) in [7, 11) is 0. The Morgan fingerprint density at radius 1 is 1.25 bits per heavy atom. The summed E-state index contributed by atoms with van der Waals surface area (Å²) in [4.78, 5) is 14.0. The van der Waals surface area contributed by atoms with Gasteiger partial charge in [0, 0.05) is 30.6 Å². The number of hydrogen-bond acceptors (Lipinski definition) is 5. The maximum atomic E-state index is 11.7. The number of cyclic esters (lactones) is 1. The van der Waals surface area contributed by atoms with Crippen LogP contribution in [0.25, 0.3) is 0 Å². The predicted molar refractivity (Wildman–Crippen MR) is 111 cm³/mol. The lowest BCUT2D eigenvalue weighted by molar-refractivity contribution is 0.0535. The van der Waals surface area contributed by atoms with Crippen LogP contribution in [0.15, 0.2) is 42.5 Å². The van der Waals surface area contributed by atoms with Gasteiger partial charge >= 0.3 is 5.97 Å². The van der Waals surface area contributed by atoms with Gasteiger partial charge in [0.05, 0.1) is 11.7 Å². The molecule has 6 heteroatoms. The number of esters is 1. The van der Waals surface area contributed by atoms with Crippen molar-refractivity contribution in [2.24, 2.45) is 5.73 Å². The smallest absolute Gasteiger partial charge is 0.338 e. The number of likely N-dealkylation sites (tertiary alicyclic amines) is 1. The van der Waals surface area contributed by atoms with E-state index in [0.29, 0.717) is 25.3 Å². The molecule has 2 aromatic rings. The van der Waals surface area contributed by atoms with Gasteiger partial charge in [-0.1, -0.05) is 36.4 Å². The quantitative estimate of drug-likeness (QED) is 0.752. The molecule has 4 rings (SSSR count). The molecule has 0 bridgehead atoms. The molecule has 0 spiro atoms. The number of halogens is 1. The Balaban J connectivity index is 0.00000225. The number of hydrogen-bond donors (Lipinski definition) is 2. The molecule has 1 fully saturated rings. The van der Waals surface area contributed by atoms with Gasteiger partial charge in [-0.3, -0.25) is 4.90 Å². The normalized spacial score (nSPS) is 22.5. The van der Waals surface area contributed by atoms with Crippen LogP contribution in [0.1, 0.15) is 45.1 Å². The lowest BCUT2D eigenvalue weighted by atomic mass is 9.80. The molecule has 2 atom stereocenters. The second-order valence-electron chi connectivity index (χ2n) is 7.73. The molecule has 0 aliphatic carbocycles. The molecule has 0 amide bonds. The molecule has 2 aliphatic rings. The van der Waals surface area contributed by atoms with Crippen molar-refractivity contribution in [3.63, 3.8) is 0 Å². The number of carbonyl (C=O) groups excluding carboxylic acids is 1. The van der Waals surface area contributed by atoms with Crippen LogP contribution in [0.3, 0.4) is 0 Å². The van der Waals surface area contributed by atoms with Gasteiger partial charge in [0.1, 0.15) is 6.61 Å². The zero-order valence-electron chi connectivity index (χ0n) is 16.1. The third-order valence-corrected chi connectivity index (χ3v) is 6.21. The Bertz CT molecular complexity index is 858. The van der Waals surface area contributed by atoms with Crippen LogP contribution in [0.5, 0.6) is 0 Å². The van der Waals surface area contributed by atoms with Gasteiger partial charge < -0.3 is 15.6 Å². The molecular weight excluding hydrogens is 376 g/mol. The molecule has 2 aromatic carbocycles. The standard InChI is InChI=1S/C22H26N2O3.ClH/c1-15-17(7-8-18-19(15)12-27-21(18)26)20(25)11-24-10-9-22(13-23,14-24)16-5-3-2-4-6-16;/h2-8,20,25H,9-14,23H2,1H3;1H/t20-,22?;/m0./s1. The zero-order chi connectivity index (χ0) is 19.0. The molecule has 2 heterocycles. The summed E-state index contributed by atoms with van der Waals surface area (Å²) in [5.41, 5.74) is 10.7. The highest BCUT2D eigenvalue weighted by atomic mass is 35.5. The van der Waals surface area contributed by atoms with Crippen molar-refractivity contribution in [1.82, 2.24) is 4.90 Å². The first-order valence-corrected chi connectivity index (χ1v) is 9.49. The van der Waals surface area contributed by atoms with E-state index in [2.05, 4.69) is 29.2 Å². The number of nitrogens with two attached hydrogens (primary N) is 1. The minimum atomic E-state index is -0.602. The van der Waals surface area contributed by atoms with E-state index in [9.17, 15) is 9.90 Å². The fourth-order valence-corrected chi connectivity index (χ4v) is 4.50. The van der Waals surface area contributed by atoms with Crippen LogP contribution in [0, 0.1) is 6.92 Å². The van der Waals surface area contributed by atoms with E-state index >= 15 is 0 Å². The van der Waals surface area contributed by atoms with Crippen molar-refractivity contribution in [3.8, 4) is 0 Å². The highest BCUT2D eigenvalue weighted by Gasteiger charge is 2.39. The number of carbonyl (C=O) groups is 1. The van der Waals surface area contributed by atoms with Crippen LogP contribution in [0.2, 0.25) is 0 Å². The lowest BCUT2D eigenvalue weighted by Crippen LogP contribution is -2.39. The van der Waals surface area contributed by atoms with E-state index in [-0.39, 0.29) is 23.8 Å². The zero-order valence-corrected chi connectivity index (χ0v) is 16.9. The predicted octanol–water partition coefficient (Wildman–Crippen LogP) is 2.72. The van der Waals surface area contributed by atoms with Crippen LogP contribution in [0.4, 0.5) is 0 Å². The number of aliphatic hydroxyl groups excluding tert-OH is 1. The first-order chi connectivity index (χ1) is 13.0. The van der Waals surface area contributed by atoms with Crippen molar-refractivity contribution in [3.05, 3.63) is 70.3 Å². The Hall–Kier alpha value is -1.92. The Labute approximate surface area is 171 Å². The topological polar surface area (TPSA) is 75.8 Å². The van der Waals surface area contributed by atoms with Crippen molar-refractivity contribution in [2.75, 3.05) is 26.2 Å². The average molecular weight is 403 g/mol. The van der Waals surface area contributed by atoms with E-state index in [4.69, 9.17) is 10.5 Å². The van der Waals surface area contributed by atoms with Crippen molar-refractivity contribution < 1.29 is 14.6 Å². The first-order valence-electron chi connectivity index (χ1n) is 9.49. The molecule has 28 heavy (non-hydrogen) atoms. The first kappa shape index (κ1) is 20.8. The molecule has 0 aromatic heterocycles. The van der Waals surface area contributed by atoms with E-state index < -0.39 is 6.10 Å². The van der Waals surface area contributed by atoms with Crippen molar-refractivity contribution in [1.29, 1.82) is 0 Å².